The molecule has 1 aromatic heterocycles. The molecule has 0 atom stereocenters. The van der Waals surface area contributed by atoms with Gasteiger partial charge in [-0.2, -0.15) is 5.10 Å². The summed E-state index contributed by atoms with van der Waals surface area (Å²) in [5.41, 5.74) is 0. The molecule has 0 aliphatic rings. The van der Waals surface area contributed by atoms with Gasteiger partial charge < -0.3 is 0 Å². The van der Waals surface area contributed by atoms with Crippen LogP contribution in [0.2, 0.25) is 0 Å². The highest BCUT2D eigenvalue weighted by molar-refractivity contribution is 5.78. The average molecular weight is 250 g/mol. The number of aromatic nitrogens is 3. The van der Waals surface area contributed by atoms with Crippen LogP contribution in [-0.2, 0) is 22.4 Å². The van der Waals surface area contributed by atoms with Crippen LogP contribution >= 0.6 is 0 Å². The van der Waals surface area contributed by atoms with Crippen LogP contribution in [0.15, 0.2) is 5.10 Å². The molecule has 1 heterocycles. The van der Waals surface area contributed by atoms with Gasteiger partial charge in [-0.15, -0.1) is 10.2 Å². The number of carbonyl (C=O) groups is 2. The molecule has 1 rings (SSSR count). The molecule has 0 unspecified atom stereocenters. The van der Waals surface area contributed by atoms with E-state index in [4.69, 9.17) is 0 Å². The van der Waals surface area contributed by atoms with Crippen molar-refractivity contribution in [1.29, 1.82) is 0 Å². The van der Waals surface area contributed by atoms with Gasteiger partial charge in [0.2, 0.25) is 0 Å². The van der Waals surface area contributed by atoms with Crippen LogP contribution in [0.3, 0.4) is 0 Å². The summed E-state index contributed by atoms with van der Waals surface area (Å²) >= 11 is 0. The smallest absolute Gasteiger partial charge is 0.161 e. The van der Waals surface area contributed by atoms with E-state index in [1.165, 1.54) is 18.5 Å². The van der Waals surface area contributed by atoms with Crippen molar-refractivity contribution in [1.82, 2.24) is 14.9 Å². The first-order chi connectivity index (χ1) is 8.54. The van der Waals surface area contributed by atoms with Gasteiger partial charge in [0.25, 0.3) is 0 Å². The minimum atomic E-state index is -0.0104. The summed E-state index contributed by atoms with van der Waals surface area (Å²) in [5, 5.41) is 12.1. The van der Waals surface area contributed by atoms with E-state index >= 15 is 0 Å². The van der Waals surface area contributed by atoms with Gasteiger partial charge in [0.1, 0.15) is 11.6 Å². The summed E-state index contributed by atoms with van der Waals surface area (Å²) in [4.78, 5) is 22.3. The van der Waals surface area contributed by atoms with Crippen molar-refractivity contribution < 1.29 is 9.59 Å². The molecule has 6 nitrogen and oxygen atoms in total. The number of rotatable bonds is 7. The number of ketones is 2. The summed E-state index contributed by atoms with van der Waals surface area (Å²) in [6.45, 7) is 5.02. The molecule has 0 saturated heterocycles. The second-order valence-electron chi connectivity index (χ2n) is 4.19. The van der Waals surface area contributed by atoms with E-state index in [2.05, 4.69) is 15.3 Å². The van der Waals surface area contributed by atoms with Crippen LogP contribution in [0.25, 0.3) is 0 Å². The Morgan fingerprint density at radius 3 is 2.06 bits per heavy atom. The second-order valence-corrected chi connectivity index (χ2v) is 4.19. The van der Waals surface area contributed by atoms with Crippen molar-refractivity contribution in [2.45, 2.75) is 46.5 Å². The molecule has 0 bridgehead atoms. The molecule has 1 aromatic rings. The number of unbranched alkanes of at least 4 members (excludes halogenated alkanes) is 1. The van der Waals surface area contributed by atoms with Crippen molar-refractivity contribution in [3.8, 4) is 0 Å². The molecule has 0 saturated carbocycles. The molecule has 0 amide bonds. The minimum absolute atomic E-state index is 0.0104. The van der Waals surface area contributed by atoms with Crippen LogP contribution < -0.4 is 0 Å². The van der Waals surface area contributed by atoms with E-state index in [0.29, 0.717) is 11.6 Å². The van der Waals surface area contributed by atoms with Crippen molar-refractivity contribution >= 4 is 17.8 Å². The highest BCUT2D eigenvalue weighted by Gasteiger charge is 2.14. The molecule has 0 aliphatic heterocycles. The van der Waals surface area contributed by atoms with E-state index in [0.717, 1.165) is 12.8 Å². The molecule has 0 aromatic carbocycles. The third kappa shape index (κ3) is 4.20. The van der Waals surface area contributed by atoms with E-state index in [1.807, 2.05) is 6.92 Å². The Kier molecular flexibility index (Phi) is 5.35. The first kappa shape index (κ1) is 14.2. The Morgan fingerprint density at radius 2 is 1.67 bits per heavy atom. The lowest BCUT2D eigenvalue weighted by atomic mass is 10.3. The normalized spacial score (nSPS) is 11.1. The third-order valence-corrected chi connectivity index (χ3v) is 2.20. The predicted molar refractivity (Wildman–Crippen MR) is 67.6 cm³/mol. The Balaban J connectivity index is 3.00. The van der Waals surface area contributed by atoms with Gasteiger partial charge in [-0.3, -0.25) is 9.59 Å². The molecular formula is C12H18N4O2. The van der Waals surface area contributed by atoms with Gasteiger partial charge in [-0.1, -0.05) is 13.3 Å². The van der Waals surface area contributed by atoms with Crippen molar-refractivity contribution in [3.05, 3.63) is 11.6 Å². The minimum Gasteiger partial charge on any atom is -0.300 e. The van der Waals surface area contributed by atoms with Crippen molar-refractivity contribution in [2.24, 2.45) is 5.10 Å². The lowest BCUT2D eigenvalue weighted by Gasteiger charge is -2.01. The summed E-state index contributed by atoms with van der Waals surface area (Å²) in [6, 6.07) is 0. The van der Waals surface area contributed by atoms with Crippen LogP contribution in [0.1, 0.15) is 45.3 Å². The first-order valence-electron chi connectivity index (χ1n) is 5.99. The number of carbonyl (C=O) groups excluding carboxylic acids is 2. The van der Waals surface area contributed by atoms with Crippen LogP contribution in [0.4, 0.5) is 0 Å². The topological polar surface area (TPSA) is 77.2 Å². The molecule has 0 radical (unpaired) electrons. The predicted octanol–water partition coefficient (Wildman–Crippen LogP) is 1.18. The van der Waals surface area contributed by atoms with Crippen LogP contribution in [-0.4, -0.2) is 32.7 Å². The molecular weight excluding hydrogens is 232 g/mol. The van der Waals surface area contributed by atoms with Gasteiger partial charge >= 0.3 is 0 Å². The molecule has 0 N–H and O–H groups in total. The molecule has 0 spiro atoms. The van der Waals surface area contributed by atoms with Crippen LogP contribution in [0, 0.1) is 0 Å². The van der Waals surface area contributed by atoms with Gasteiger partial charge in [0.05, 0.1) is 12.8 Å². The molecule has 98 valence electrons. The Morgan fingerprint density at radius 1 is 1.17 bits per heavy atom. The van der Waals surface area contributed by atoms with Gasteiger partial charge in [0.15, 0.2) is 11.6 Å². The second kappa shape index (κ2) is 6.78. The fourth-order valence-corrected chi connectivity index (χ4v) is 1.42. The van der Waals surface area contributed by atoms with E-state index in [9.17, 15) is 9.59 Å². The SMILES string of the molecule is CCC/C=N\n1c(CC(C)=O)nnc1CC(C)=O. The lowest BCUT2D eigenvalue weighted by Crippen LogP contribution is -2.09. The standard InChI is InChI=1S/C12H18N4O2/c1-4-5-6-13-16-11(7-9(2)17)14-15-12(16)8-10(3)18/h6H,4-5,7-8H2,1-3H3/b13-6-. The molecule has 6 heteroatoms. The number of nitrogens with zero attached hydrogens (tertiary/aromatic N) is 4. The number of Topliss-reactive ketones (excluding diaryl/α,β-unsaturated/α-hetero) is 2. The van der Waals surface area contributed by atoms with E-state index < -0.39 is 0 Å². The number of hydrogen-bond acceptors (Lipinski definition) is 5. The Bertz CT molecular complexity index is 429. The molecule has 18 heavy (non-hydrogen) atoms. The van der Waals surface area contributed by atoms with Crippen molar-refractivity contribution in [3.63, 3.8) is 0 Å². The molecule has 0 aliphatic carbocycles. The van der Waals surface area contributed by atoms with Gasteiger partial charge in [-0.25, -0.2) is 4.68 Å². The Hall–Kier alpha value is -1.85. The van der Waals surface area contributed by atoms with E-state index in [-0.39, 0.29) is 24.4 Å². The zero-order chi connectivity index (χ0) is 13.5. The highest BCUT2D eigenvalue weighted by Crippen LogP contribution is 2.05. The van der Waals surface area contributed by atoms with E-state index in [1.54, 1.807) is 6.21 Å². The monoisotopic (exact) mass is 250 g/mol. The average Bonchev–Trinajstić information content (AvgIpc) is 2.61. The zero-order valence-corrected chi connectivity index (χ0v) is 11.0. The zero-order valence-electron chi connectivity index (χ0n) is 11.0. The summed E-state index contributed by atoms with van der Waals surface area (Å²) < 4.78 is 1.50. The maximum Gasteiger partial charge on any atom is 0.161 e. The fraction of sp³-hybridized carbons (Fsp3) is 0.583. The number of hydrogen-bond donors (Lipinski definition) is 0. The van der Waals surface area contributed by atoms with Crippen LogP contribution in [0.5, 0.6) is 0 Å². The fourth-order valence-electron chi connectivity index (χ4n) is 1.42. The quantitative estimate of drug-likeness (QED) is 0.681. The van der Waals surface area contributed by atoms with Gasteiger partial charge in [-0.05, 0) is 20.3 Å². The molecule has 0 fully saturated rings. The summed E-state index contributed by atoms with van der Waals surface area (Å²) in [6.07, 6.45) is 3.91. The highest BCUT2D eigenvalue weighted by atomic mass is 16.1. The Labute approximate surface area is 106 Å². The lowest BCUT2D eigenvalue weighted by molar-refractivity contribution is -0.117. The maximum atomic E-state index is 11.1. The largest absolute Gasteiger partial charge is 0.300 e. The third-order valence-electron chi connectivity index (χ3n) is 2.20. The first-order valence-corrected chi connectivity index (χ1v) is 5.99. The maximum absolute atomic E-state index is 11.1. The van der Waals surface area contributed by atoms with Gasteiger partial charge in [0, 0.05) is 6.21 Å². The summed E-state index contributed by atoms with van der Waals surface area (Å²) in [7, 11) is 0. The van der Waals surface area contributed by atoms with Crippen molar-refractivity contribution in [2.75, 3.05) is 0 Å². The summed E-state index contributed by atoms with van der Waals surface area (Å²) in [5.74, 6) is 0.935.